The molecule has 1 aromatic heterocycles. The number of nitrogens with one attached hydrogen (secondary N) is 1. The Labute approximate surface area is 115 Å². The van der Waals surface area contributed by atoms with Crippen molar-refractivity contribution in [3.63, 3.8) is 0 Å². The van der Waals surface area contributed by atoms with Gasteiger partial charge < -0.3 is 4.90 Å². The molecule has 0 aliphatic carbocycles. The van der Waals surface area contributed by atoms with E-state index >= 15 is 0 Å². The number of anilines is 1. The van der Waals surface area contributed by atoms with Gasteiger partial charge in [-0.05, 0) is 24.0 Å². The average molecular weight is 267 g/mol. The lowest BCUT2D eigenvalue weighted by Crippen LogP contribution is -2.31. The van der Waals surface area contributed by atoms with Gasteiger partial charge in [0, 0.05) is 13.1 Å². The lowest BCUT2D eigenvalue weighted by Gasteiger charge is -2.20. The third-order valence-corrected chi connectivity index (χ3v) is 3.51. The summed E-state index contributed by atoms with van der Waals surface area (Å²) in [6.45, 7) is 1.45. The second-order valence-electron chi connectivity index (χ2n) is 4.68. The van der Waals surface area contributed by atoms with E-state index < -0.39 is 5.69 Å². The molecule has 100 valence electrons. The van der Waals surface area contributed by atoms with Crippen LogP contribution in [0, 0.1) is 11.3 Å². The standard InChI is InChI=1S/C14H13N5O/c15-9-12-13(16-14(20)18-17-12)19-7-5-10-3-1-2-4-11(10)6-8-19/h1-4H,5-8H2,(H,16,18,20). The van der Waals surface area contributed by atoms with Crippen LogP contribution in [0.15, 0.2) is 29.1 Å². The lowest BCUT2D eigenvalue weighted by atomic mass is 10.0. The van der Waals surface area contributed by atoms with E-state index in [1.165, 1.54) is 11.1 Å². The van der Waals surface area contributed by atoms with Gasteiger partial charge in [0.1, 0.15) is 6.07 Å². The topological polar surface area (TPSA) is 85.7 Å². The van der Waals surface area contributed by atoms with Gasteiger partial charge >= 0.3 is 5.69 Å². The van der Waals surface area contributed by atoms with Crippen LogP contribution >= 0.6 is 0 Å². The van der Waals surface area contributed by atoms with Crippen LogP contribution in [-0.4, -0.2) is 28.3 Å². The predicted molar refractivity (Wildman–Crippen MR) is 73.4 cm³/mol. The van der Waals surface area contributed by atoms with E-state index in [0.29, 0.717) is 5.82 Å². The summed E-state index contributed by atoms with van der Waals surface area (Å²) >= 11 is 0. The first-order valence-corrected chi connectivity index (χ1v) is 6.46. The number of benzene rings is 1. The van der Waals surface area contributed by atoms with E-state index in [-0.39, 0.29) is 5.69 Å². The van der Waals surface area contributed by atoms with E-state index in [2.05, 4.69) is 27.3 Å². The highest BCUT2D eigenvalue weighted by atomic mass is 16.1. The van der Waals surface area contributed by atoms with Crippen LogP contribution in [-0.2, 0) is 12.8 Å². The average Bonchev–Trinajstić information content (AvgIpc) is 2.70. The van der Waals surface area contributed by atoms with E-state index in [1.807, 2.05) is 23.1 Å². The highest BCUT2D eigenvalue weighted by molar-refractivity contribution is 5.50. The number of hydrogen-bond donors (Lipinski definition) is 1. The Bertz CT molecular complexity index is 704. The fourth-order valence-electron chi connectivity index (χ4n) is 2.50. The summed E-state index contributed by atoms with van der Waals surface area (Å²) in [6.07, 6.45) is 1.74. The SMILES string of the molecule is N#Cc1n[nH]c(=O)nc1N1CCc2ccccc2CC1. The van der Waals surface area contributed by atoms with Crippen molar-refractivity contribution in [1.82, 2.24) is 15.2 Å². The Kier molecular flexibility index (Phi) is 3.17. The molecule has 0 amide bonds. The molecule has 0 unspecified atom stereocenters. The van der Waals surface area contributed by atoms with Crippen molar-refractivity contribution in [2.24, 2.45) is 0 Å². The summed E-state index contributed by atoms with van der Waals surface area (Å²) < 4.78 is 0. The maximum Gasteiger partial charge on any atom is 0.363 e. The second kappa shape index (κ2) is 5.13. The molecule has 1 aliphatic rings. The first-order chi connectivity index (χ1) is 9.78. The minimum Gasteiger partial charge on any atom is -0.353 e. The predicted octanol–water partition coefficient (Wildman–Crippen LogP) is 0.642. The van der Waals surface area contributed by atoms with E-state index in [4.69, 9.17) is 5.26 Å². The molecule has 20 heavy (non-hydrogen) atoms. The summed E-state index contributed by atoms with van der Waals surface area (Å²) in [5.74, 6) is 0.379. The Hall–Kier alpha value is -2.68. The largest absolute Gasteiger partial charge is 0.363 e. The van der Waals surface area contributed by atoms with Crippen LogP contribution in [0.2, 0.25) is 0 Å². The molecular formula is C14H13N5O. The van der Waals surface area contributed by atoms with Crippen LogP contribution in [0.25, 0.3) is 0 Å². The van der Waals surface area contributed by atoms with Gasteiger partial charge in [-0.1, -0.05) is 24.3 Å². The van der Waals surface area contributed by atoms with Gasteiger partial charge in [-0.25, -0.2) is 9.89 Å². The van der Waals surface area contributed by atoms with Crippen molar-refractivity contribution in [2.75, 3.05) is 18.0 Å². The molecule has 3 rings (SSSR count). The molecule has 6 heteroatoms. The minimum atomic E-state index is -0.527. The Morgan fingerprint density at radius 2 is 1.85 bits per heavy atom. The smallest absolute Gasteiger partial charge is 0.353 e. The number of nitriles is 1. The molecule has 0 bridgehead atoms. The summed E-state index contributed by atoms with van der Waals surface area (Å²) in [7, 11) is 0. The van der Waals surface area contributed by atoms with Crippen molar-refractivity contribution >= 4 is 5.82 Å². The molecule has 1 aliphatic heterocycles. The maximum absolute atomic E-state index is 11.3. The van der Waals surface area contributed by atoms with Gasteiger partial charge in [-0.15, -0.1) is 0 Å². The first-order valence-electron chi connectivity index (χ1n) is 6.46. The molecule has 2 aromatic rings. The number of aromatic amines is 1. The fourth-order valence-corrected chi connectivity index (χ4v) is 2.50. The quantitative estimate of drug-likeness (QED) is 0.819. The summed E-state index contributed by atoms with van der Waals surface area (Å²) in [5.41, 5.74) is 2.26. The third kappa shape index (κ3) is 2.26. The van der Waals surface area contributed by atoms with Crippen molar-refractivity contribution in [1.29, 1.82) is 5.26 Å². The van der Waals surface area contributed by atoms with Crippen LogP contribution in [0.3, 0.4) is 0 Å². The van der Waals surface area contributed by atoms with Gasteiger partial charge in [0.15, 0.2) is 5.82 Å². The van der Waals surface area contributed by atoms with Crippen LogP contribution < -0.4 is 10.6 Å². The van der Waals surface area contributed by atoms with Gasteiger partial charge in [0.2, 0.25) is 5.69 Å². The Morgan fingerprint density at radius 1 is 1.20 bits per heavy atom. The molecule has 1 aromatic carbocycles. The van der Waals surface area contributed by atoms with Crippen LogP contribution in [0.5, 0.6) is 0 Å². The van der Waals surface area contributed by atoms with Crippen molar-refractivity contribution < 1.29 is 0 Å². The number of fused-ring (bicyclic) bond motifs is 1. The van der Waals surface area contributed by atoms with Gasteiger partial charge in [-0.3, -0.25) is 0 Å². The Morgan fingerprint density at radius 3 is 2.45 bits per heavy atom. The molecule has 0 spiro atoms. The maximum atomic E-state index is 11.3. The monoisotopic (exact) mass is 267 g/mol. The second-order valence-corrected chi connectivity index (χ2v) is 4.68. The van der Waals surface area contributed by atoms with Crippen molar-refractivity contribution in [2.45, 2.75) is 12.8 Å². The van der Waals surface area contributed by atoms with Gasteiger partial charge in [0.25, 0.3) is 0 Å². The van der Waals surface area contributed by atoms with Crippen molar-refractivity contribution in [3.05, 3.63) is 51.6 Å². The number of rotatable bonds is 1. The molecule has 0 atom stereocenters. The minimum absolute atomic E-state index is 0.163. The number of nitrogens with zero attached hydrogens (tertiary/aromatic N) is 4. The van der Waals surface area contributed by atoms with Crippen LogP contribution in [0.4, 0.5) is 5.82 Å². The number of aromatic nitrogens is 3. The zero-order valence-corrected chi connectivity index (χ0v) is 10.8. The summed E-state index contributed by atoms with van der Waals surface area (Å²) in [5, 5.41) is 15.0. The number of H-pyrrole nitrogens is 1. The normalized spacial score (nSPS) is 14.2. The molecule has 6 nitrogen and oxygen atoms in total. The van der Waals surface area contributed by atoms with E-state index in [0.717, 1.165) is 25.9 Å². The zero-order chi connectivity index (χ0) is 13.9. The van der Waals surface area contributed by atoms with Crippen molar-refractivity contribution in [3.8, 4) is 6.07 Å². The van der Waals surface area contributed by atoms with Gasteiger partial charge in [-0.2, -0.15) is 15.3 Å². The molecular weight excluding hydrogens is 254 g/mol. The highest BCUT2D eigenvalue weighted by Crippen LogP contribution is 2.20. The molecule has 0 saturated heterocycles. The van der Waals surface area contributed by atoms with Crippen LogP contribution in [0.1, 0.15) is 16.8 Å². The lowest BCUT2D eigenvalue weighted by molar-refractivity contribution is 0.764. The zero-order valence-electron chi connectivity index (χ0n) is 10.8. The Balaban J connectivity index is 1.93. The highest BCUT2D eigenvalue weighted by Gasteiger charge is 2.19. The van der Waals surface area contributed by atoms with Gasteiger partial charge in [0.05, 0.1) is 0 Å². The molecule has 0 fully saturated rings. The van der Waals surface area contributed by atoms with E-state index in [1.54, 1.807) is 0 Å². The molecule has 2 heterocycles. The summed E-state index contributed by atoms with van der Waals surface area (Å²) in [4.78, 5) is 17.2. The molecule has 1 N–H and O–H groups in total. The molecule has 0 saturated carbocycles. The molecule has 0 radical (unpaired) electrons. The first kappa shape index (κ1) is 12.4. The third-order valence-electron chi connectivity index (χ3n) is 3.51. The van der Waals surface area contributed by atoms with E-state index in [9.17, 15) is 4.79 Å². The number of hydrogen-bond acceptors (Lipinski definition) is 5. The summed E-state index contributed by atoms with van der Waals surface area (Å²) in [6, 6.07) is 10.3. The fraction of sp³-hybridized carbons (Fsp3) is 0.286.